The first-order valence-electron chi connectivity index (χ1n) is 9.52. The van der Waals surface area contributed by atoms with Crippen LogP contribution in [0.3, 0.4) is 0 Å². The van der Waals surface area contributed by atoms with Gasteiger partial charge in [0.15, 0.2) is 0 Å². The second-order valence-electron chi connectivity index (χ2n) is 8.77. The lowest BCUT2D eigenvalue weighted by Crippen LogP contribution is -2.38. The number of hydrogen-bond acceptors (Lipinski definition) is 5. The number of hydrogen-bond donors (Lipinski definition) is 1. The maximum atomic E-state index is 13.3. The molecule has 3 atom stereocenters. The summed E-state index contributed by atoms with van der Waals surface area (Å²) in [6.45, 7) is 8.50. The van der Waals surface area contributed by atoms with Gasteiger partial charge < -0.3 is 15.4 Å². The van der Waals surface area contributed by atoms with E-state index in [1.807, 2.05) is 27.7 Å². The van der Waals surface area contributed by atoms with E-state index in [1.165, 1.54) is 0 Å². The van der Waals surface area contributed by atoms with Crippen LogP contribution in [-0.2, 0) is 4.74 Å². The Hall–Kier alpha value is -2.12. The third kappa shape index (κ3) is 3.16. The molecule has 28 heavy (non-hydrogen) atoms. The van der Waals surface area contributed by atoms with E-state index in [4.69, 9.17) is 22.1 Å². The molecule has 2 unspecified atom stereocenters. The first-order chi connectivity index (χ1) is 13.1. The number of benzene rings is 1. The smallest absolute Gasteiger partial charge is 0.410 e. The third-order valence-electron chi connectivity index (χ3n) is 5.41. The number of carbonyl (C=O) groups is 1. The maximum Gasteiger partial charge on any atom is 0.410 e. The van der Waals surface area contributed by atoms with Crippen LogP contribution in [0.4, 0.5) is 4.79 Å². The van der Waals surface area contributed by atoms with Crippen LogP contribution in [0, 0.1) is 11.8 Å². The van der Waals surface area contributed by atoms with Crippen molar-refractivity contribution in [1.29, 1.82) is 0 Å². The Balaban J connectivity index is 1.65. The minimum absolute atomic E-state index is 0.0136. The molecule has 2 N–H and O–H groups in total. The molecule has 1 aromatic carbocycles. The summed E-state index contributed by atoms with van der Waals surface area (Å²) in [5.74, 6) is 0.955. The number of nitrogens with zero attached hydrogens (tertiary/aromatic N) is 3. The topological polar surface area (TPSA) is 90.5 Å². The van der Waals surface area contributed by atoms with Crippen LogP contribution in [0.15, 0.2) is 23.0 Å². The Kier molecular flexibility index (Phi) is 4.43. The summed E-state index contributed by atoms with van der Waals surface area (Å²) in [5, 5.41) is 0.809. The fraction of sp³-hybridized carbons (Fsp3) is 0.550. The molecule has 1 amide bonds. The summed E-state index contributed by atoms with van der Waals surface area (Å²) < 4.78 is 7.17. The van der Waals surface area contributed by atoms with Gasteiger partial charge in [0.1, 0.15) is 11.4 Å². The van der Waals surface area contributed by atoms with Crippen molar-refractivity contribution in [2.24, 2.45) is 17.6 Å². The largest absolute Gasteiger partial charge is 0.444 e. The van der Waals surface area contributed by atoms with Crippen molar-refractivity contribution in [3.8, 4) is 0 Å². The fourth-order valence-corrected chi connectivity index (χ4v) is 4.43. The van der Waals surface area contributed by atoms with Gasteiger partial charge in [-0.15, -0.1) is 0 Å². The number of halogens is 1. The lowest BCUT2D eigenvalue weighted by atomic mass is 10.2. The van der Waals surface area contributed by atoms with E-state index in [0.29, 0.717) is 34.8 Å². The van der Waals surface area contributed by atoms with Crippen LogP contribution >= 0.6 is 11.6 Å². The van der Waals surface area contributed by atoms with Crippen LogP contribution < -0.4 is 11.3 Å². The molecule has 0 bridgehead atoms. The van der Waals surface area contributed by atoms with Gasteiger partial charge in [0.25, 0.3) is 5.56 Å². The van der Waals surface area contributed by atoms with E-state index in [0.717, 1.165) is 0 Å². The average Bonchev–Trinajstić information content (AvgIpc) is 3.05. The molecule has 2 fully saturated rings. The van der Waals surface area contributed by atoms with Crippen molar-refractivity contribution in [3.63, 3.8) is 0 Å². The van der Waals surface area contributed by atoms with Crippen LogP contribution in [0.2, 0.25) is 5.02 Å². The van der Waals surface area contributed by atoms with Crippen LogP contribution in [0.5, 0.6) is 0 Å². The summed E-state index contributed by atoms with van der Waals surface area (Å²) in [5.41, 5.74) is 6.00. The SMILES string of the molecule is C[C@H](N)c1nc2cccc(Cl)c2c(=O)n1C1C2CN(C(=O)OC(C)(C)C)CC21. The zero-order valence-corrected chi connectivity index (χ0v) is 17.2. The van der Waals surface area contributed by atoms with Crippen molar-refractivity contribution in [1.82, 2.24) is 14.5 Å². The van der Waals surface area contributed by atoms with Crippen molar-refractivity contribution in [2.75, 3.05) is 13.1 Å². The molecule has 0 spiro atoms. The molecule has 2 aromatic rings. The van der Waals surface area contributed by atoms with Gasteiger partial charge in [0, 0.05) is 31.0 Å². The van der Waals surface area contributed by atoms with Gasteiger partial charge in [-0.2, -0.15) is 0 Å². The van der Waals surface area contributed by atoms with Crippen molar-refractivity contribution in [2.45, 2.75) is 45.4 Å². The van der Waals surface area contributed by atoms with E-state index in [1.54, 1.807) is 27.7 Å². The molecule has 0 radical (unpaired) electrons. The molecule has 2 aliphatic rings. The number of likely N-dealkylation sites (tertiary alicyclic amines) is 1. The third-order valence-corrected chi connectivity index (χ3v) is 5.73. The van der Waals surface area contributed by atoms with Gasteiger partial charge in [0.2, 0.25) is 0 Å². The number of rotatable bonds is 2. The van der Waals surface area contributed by atoms with E-state index in [9.17, 15) is 9.59 Å². The van der Waals surface area contributed by atoms with Gasteiger partial charge in [-0.25, -0.2) is 9.78 Å². The van der Waals surface area contributed by atoms with Crippen LogP contribution in [-0.4, -0.2) is 39.2 Å². The molecule has 4 rings (SSSR count). The highest BCUT2D eigenvalue weighted by Crippen LogP contribution is 2.55. The monoisotopic (exact) mass is 404 g/mol. The molecule has 1 aromatic heterocycles. The predicted octanol–water partition coefficient (Wildman–Crippen LogP) is 3.11. The molecule has 1 aliphatic heterocycles. The maximum absolute atomic E-state index is 13.3. The van der Waals surface area contributed by atoms with E-state index in [-0.39, 0.29) is 35.6 Å². The lowest BCUT2D eigenvalue weighted by molar-refractivity contribution is 0.0266. The molecular weight excluding hydrogens is 380 g/mol. The number of carbonyl (C=O) groups excluding carboxylic acids is 1. The van der Waals surface area contributed by atoms with Crippen LogP contribution in [0.25, 0.3) is 10.9 Å². The van der Waals surface area contributed by atoms with E-state index in [2.05, 4.69) is 4.98 Å². The van der Waals surface area contributed by atoms with Gasteiger partial charge in [-0.3, -0.25) is 9.36 Å². The number of piperidine rings is 1. The minimum Gasteiger partial charge on any atom is -0.444 e. The summed E-state index contributed by atoms with van der Waals surface area (Å²) in [4.78, 5) is 31.9. The van der Waals surface area contributed by atoms with Crippen molar-refractivity contribution >= 4 is 28.6 Å². The predicted molar refractivity (Wildman–Crippen MR) is 107 cm³/mol. The second-order valence-corrected chi connectivity index (χ2v) is 9.18. The lowest BCUT2D eigenvalue weighted by Gasteiger charge is -2.26. The van der Waals surface area contributed by atoms with Crippen LogP contribution in [0.1, 0.15) is 45.6 Å². The normalized spacial score (nSPS) is 24.9. The van der Waals surface area contributed by atoms with Gasteiger partial charge in [-0.05, 0) is 39.8 Å². The highest BCUT2D eigenvalue weighted by atomic mass is 35.5. The Labute approximate surface area is 168 Å². The first-order valence-corrected chi connectivity index (χ1v) is 9.90. The summed E-state index contributed by atoms with van der Waals surface area (Å²) in [6, 6.07) is 4.84. The van der Waals surface area contributed by atoms with Gasteiger partial charge in [0.05, 0.1) is 22.0 Å². The highest BCUT2D eigenvalue weighted by Gasteiger charge is 2.59. The summed E-state index contributed by atoms with van der Waals surface area (Å²) >= 11 is 6.28. The second kappa shape index (κ2) is 6.46. The molecule has 1 saturated heterocycles. The highest BCUT2D eigenvalue weighted by molar-refractivity contribution is 6.35. The number of fused-ring (bicyclic) bond motifs is 2. The summed E-state index contributed by atoms with van der Waals surface area (Å²) in [6.07, 6.45) is -0.308. The standard InChI is InChI=1S/C20H25ClN4O3/c1-10(22)17-23-14-7-5-6-13(21)15(14)18(26)25(17)16-11-8-24(9-12(11)16)19(27)28-20(2,3)4/h5-7,10-12,16H,8-9,22H2,1-4H3/t10-,11?,12?,16?/m0/s1. The number of nitrogens with two attached hydrogens (primary N) is 1. The number of ether oxygens (including phenoxy) is 1. The zero-order chi connectivity index (χ0) is 20.4. The molecule has 1 aliphatic carbocycles. The fourth-order valence-electron chi connectivity index (χ4n) is 4.18. The van der Waals surface area contributed by atoms with E-state index >= 15 is 0 Å². The quantitative estimate of drug-likeness (QED) is 0.830. The Morgan fingerprint density at radius 3 is 2.54 bits per heavy atom. The molecule has 2 heterocycles. The van der Waals surface area contributed by atoms with Crippen molar-refractivity contribution in [3.05, 3.63) is 39.4 Å². The molecule has 150 valence electrons. The Morgan fingerprint density at radius 2 is 1.96 bits per heavy atom. The average molecular weight is 405 g/mol. The van der Waals surface area contributed by atoms with E-state index < -0.39 is 5.60 Å². The molecule has 1 saturated carbocycles. The first kappa shape index (κ1) is 19.2. The summed E-state index contributed by atoms with van der Waals surface area (Å²) in [7, 11) is 0. The minimum atomic E-state index is -0.526. The molecule has 8 heteroatoms. The number of aromatic nitrogens is 2. The Bertz CT molecular complexity index is 999. The Morgan fingerprint density at radius 1 is 1.32 bits per heavy atom. The zero-order valence-electron chi connectivity index (χ0n) is 16.5. The van der Waals surface area contributed by atoms with Gasteiger partial charge >= 0.3 is 6.09 Å². The van der Waals surface area contributed by atoms with Crippen molar-refractivity contribution < 1.29 is 9.53 Å². The molecule has 7 nitrogen and oxygen atoms in total. The number of amides is 1. The van der Waals surface area contributed by atoms with Gasteiger partial charge in [-0.1, -0.05) is 17.7 Å². The molecular formula is C20H25ClN4O3.